The molecule has 4 nitrogen and oxygen atoms in total. The summed E-state index contributed by atoms with van der Waals surface area (Å²) in [6.45, 7) is 2.19. The van der Waals surface area contributed by atoms with Crippen LogP contribution in [0.15, 0.2) is 24.3 Å². The number of hydrogen-bond acceptors (Lipinski definition) is 3. The predicted octanol–water partition coefficient (Wildman–Crippen LogP) is 1.68. The predicted molar refractivity (Wildman–Crippen MR) is 65.5 cm³/mol. The molecule has 0 aliphatic carbocycles. The summed E-state index contributed by atoms with van der Waals surface area (Å²) in [6.07, 6.45) is 1.41. The molecule has 90 valence electrons. The van der Waals surface area contributed by atoms with Gasteiger partial charge in [-0.05, 0) is 31.0 Å². The van der Waals surface area contributed by atoms with Gasteiger partial charge in [0.25, 0.3) is 0 Å². The summed E-state index contributed by atoms with van der Waals surface area (Å²) in [5.41, 5.74) is 1.27. The van der Waals surface area contributed by atoms with Gasteiger partial charge in [-0.2, -0.15) is 5.26 Å². The molecule has 0 aromatic heterocycles. The molecular formula is C13H16N2O2. The molecule has 1 aromatic rings. The van der Waals surface area contributed by atoms with Crippen LogP contribution in [0.25, 0.3) is 0 Å². The van der Waals surface area contributed by atoms with E-state index in [1.54, 1.807) is 29.2 Å². The van der Waals surface area contributed by atoms with Gasteiger partial charge in [-0.1, -0.05) is 6.07 Å². The summed E-state index contributed by atoms with van der Waals surface area (Å²) in [4.78, 5) is 13.1. The van der Waals surface area contributed by atoms with Gasteiger partial charge < -0.3 is 10.0 Å². The number of aliphatic hydroxyl groups is 1. The van der Waals surface area contributed by atoms with Crippen LogP contribution in [0.2, 0.25) is 0 Å². The molecule has 0 aliphatic rings. The number of carbonyl (C=O) groups excluding carboxylic acids is 1. The van der Waals surface area contributed by atoms with E-state index >= 15 is 0 Å². The maximum absolute atomic E-state index is 11.5. The zero-order chi connectivity index (χ0) is 12.7. The zero-order valence-corrected chi connectivity index (χ0v) is 9.89. The Morgan fingerprint density at radius 1 is 1.47 bits per heavy atom. The van der Waals surface area contributed by atoms with E-state index in [1.165, 1.54) is 6.92 Å². The molecular weight excluding hydrogens is 216 g/mol. The summed E-state index contributed by atoms with van der Waals surface area (Å²) in [5, 5.41) is 17.5. The standard InChI is InChI=1S/C13H16N2O2/c1-11(17)15(7-2-3-8-16)13-6-4-5-12(9-13)10-14/h4-6,9,16H,2-3,7-8H2,1H3. The summed E-state index contributed by atoms with van der Waals surface area (Å²) >= 11 is 0. The maximum Gasteiger partial charge on any atom is 0.223 e. The van der Waals surface area contributed by atoms with Crippen LogP contribution in [0.4, 0.5) is 5.69 Å². The molecule has 0 heterocycles. The van der Waals surface area contributed by atoms with Crippen molar-refractivity contribution in [1.29, 1.82) is 5.26 Å². The minimum Gasteiger partial charge on any atom is -0.396 e. The van der Waals surface area contributed by atoms with Crippen LogP contribution < -0.4 is 4.90 Å². The van der Waals surface area contributed by atoms with Gasteiger partial charge in [-0.3, -0.25) is 4.79 Å². The van der Waals surface area contributed by atoms with E-state index in [2.05, 4.69) is 6.07 Å². The Hall–Kier alpha value is -1.86. The lowest BCUT2D eigenvalue weighted by molar-refractivity contribution is -0.116. The van der Waals surface area contributed by atoms with Crippen molar-refractivity contribution >= 4 is 11.6 Å². The number of nitrogens with zero attached hydrogens (tertiary/aromatic N) is 2. The van der Waals surface area contributed by atoms with Gasteiger partial charge in [0.2, 0.25) is 5.91 Å². The van der Waals surface area contributed by atoms with Crippen molar-refractivity contribution in [2.75, 3.05) is 18.1 Å². The van der Waals surface area contributed by atoms with Crippen molar-refractivity contribution in [3.63, 3.8) is 0 Å². The summed E-state index contributed by atoms with van der Waals surface area (Å²) in [7, 11) is 0. The Morgan fingerprint density at radius 2 is 2.24 bits per heavy atom. The number of benzene rings is 1. The summed E-state index contributed by atoms with van der Waals surface area (Å²) < 4.78 is 0. The molecule has 1 rings (SSSR count). The Kier molecular flexibility index (Phi) is 5.18. The first kappa shape index (κ1) is 13.2. The van der Waals surface area contributed by atoms with Crippen LogP contribution in [-0.4, -0.2) is 24.2 Å². The third-order valence-corrected chi connectivity index (χ3v) is 2.46. The fraction of sp³-hybridized carbons (Fsp3) is 0.385. The number of hydrogen-bond donors (Lipinski definition) is 1. The van der Waals surface area contributed by atoms with Gasteiger partial charge in [0.1, 0.15) is 0 Å². The van der Waals surface area contributed by atoms with Crippen LogP contribution >= 0.6 is 0 Å². The highest BCUT2D eigenvalue weighted by Crippen LogP contribution is 2.16. The third-order valence-electron chi connectivity index (χ3n) is 2.46. The van der Waals surface area contributed by atoms with E-state index in [4.69, 9.17) is 10.4 Å². The average molecular weight is 232 g/mol. The zero-order valence-electron chi connectivity index (χ0n) is 9.89. The highest BCUT2D eigenvalue weighted by atomic mass is 16.2. The van der Waals surface area contributed by atoms with Crippen molar-refractivity contribution in [2.24, 2.45) is 0 Å². The molecule has 0 unspecified atom stereocenters. The number of rotatable bonds is 5. The smallest absolute Gasteiger partial charge is 0.223 e. The van der Waals surface area contributed by atoms with Gasteiger partial charge >= 0.3 is 0 Å². The lowest BCUT2D eigenvalue weighted by atomic mass is 10.2. The van der Waals surface area contributed by atoms with Crippen LogP contribution in [0.3, 0.4) is 0 Å². The molecule has 0 radical (unpaired) electrons. The van der Waals surface area contributed by atoms with Crippen molar-refractivity contribution < 1.29 is 9.90 Å². The van der Waals surface area contributed by atoms with E-state index in [0.717, 1.165) is 12.1 Å². The fourth-order valence-electron chi connectivity index (χ4n) is 1.59. The SMILES string of the molecule is CC(=O)N(CCCCO)c1cccc(C#N)c1. The molecule has 1 aromatic carbocycles. The number of anilines is 1. The molecule has 17 heavy (non-hydrogen) atoms. The van der Waals surface area contributed by atoms with E-state index in [0.29, 0.717) is 18.5 Å². The molecule has 0 fully saturated rings. The second-order valence-corrected chi connectivity index (χ2v) is 3.76. The monoisotopic (exact) mass is 232 g/mol. The minimum absolute atomic E-state index is 0.0574. The highest BCUT2D eigenvalue weighted by Gasteiger charge is 2.11. The minimum atomic E-state index is -0.0574. The first-order valence-corrected chi connectivity index (χ1v) is 5.58. The number of unbranched alkanes of at least 4 members (excludes halogenated alkanes) is 1. The van der Waals surface area contributed by atoms with Gasteiger partial charge in [0, 0.05) is 25.8 Å². The number of aliphatic hydroxyl groups excluding tert-OH is 1. The lowest BCUT2D eigenvalue weighted by Gasteiger charge is -2.21. The maximum atomic E-state index is 11.5. The molecule has 0 saturated heterocycles. The Bertz CT molecular complexity index is 424. The van der Waals surface area contributed by atoms with Crippen LogP contribution in [0, 0.1) is 11.3 Å². The fourth-order valence-corrected chi connectivity index (χ4v) is 1.59. The van der Waals surface area contributed by atoms with Crippen molar-refractivity contribution in [3.8, 4) is 6.07 Å². The Labute approximate surface area is 101 Å². The van der Waals surface area contributed by atoms with Gasteiger partial charge in [0.15, 0.2) is 0 Å². The summed E-state index contributed by atoms with van der Waals surface area (Å²) in [6, 6.07) is 9.02. The topological polar surface area (TPSA) is 64.3 Å². The molecule has 0 atom stereocenters. The molecule has 0 saturated carbocycles. The molecule has 4 heteroatoms. The second kappa shape index (κ2) is 6.66. The number of amides is 1. The van der Waals surface area contributed by atoms with Gasteiger partial charge in [0.05, 0.1) is 11.6 Å². The first-order valence-electron chi connectivity index (χ1n) is 5.58. The molecule has 1 amide bonds. The van der Waals surface area contributed by atoms with Crippen molar-refractivity contribution in [1.82, 2.24) is 0 Å². The van der Waals surface area contributed by atoms with E-state index in [-0.39, 0.29) is 12.5 Å². The quantitative estimate of drug-likeness (QED) is 0.785. The number of carbonyl (C=O) groups is 1. The number of nitriles is 1. The Morgan fingerprint density at radius 3 is 2.82 bits per heavy atom. The normalized spacial score (nSPS) is 9.71. The summed E-state index contributed by atoms with van der Waals surface area (Å²) in [5.74, 6) is -0.0574. The molecule has 1 N–H and O–H groups in total. The first-order chi connectivity index (χ1) is 8.19. The van der Waals surface area contributed by atoms with Gasteiger partial charge in [-0.15, -0.1) is 0 Å². The van der Waals surface area contributed by atoms with Crippen molar-refractivity contribution in [3.05, 3.63) is 29.8 Å². The van der Waals surface area contributed by atoms with Gasteiger partial charge in [-0.25, -0.2) is 0 Å². The Balaban J connectivity index is 2.82. The second-order valence-electron chi connectivity index (χ2n) is 3.76. The molecule has 0 aliphatic heterocycles. The molecule has 0 bridgehead atoms. The third kappa shape index (κ3) is 3.89. The van der Waals surface area contributed by atoms with Crippen LogP contribution in [0.1, 0.15) is 25.3 Å². The highest BCUT2D eigenvalue weighted by molar-refractivity contribution is 5.91. The van der Waals surface area contributed by atoms with Crippen molar-refractivity contribution in [2.45, 2.75) is 19.8 Å². The lowest BCUT2D eigenvalue weighted by Crippen LogP contribution is -2.29. The van der Waals surface area contributed by atoms with E-state index in [1.807, 2.05) is 0 Å². The van der Waals surface area contributed by atoms with E-state index < -0.39 is 0 Å². The largest absolute Gasteiger partial charge is 0.396 e. The van der Waals surface area contributed by atoms with E-state index in [9.17, 15) is 4.79 Å². The molecule has 0 spiro atoms. The van der Waals surface area contributed by atoms with Crippen LogP contribution in [0.5, 0.6) is 0 Å². The van der Waals surface area contributed by atoms with Crippen LogP contribution in [-0.2, 0) is 4.79 Å². The average Bonchev–Trinajstić information content (AvgIpc) is 2.34.